The van der Waals surface area contributed by atoms with Crippen molar-refractivity contribution in [2.24, 2.45) is 0 Å². The molecule has 0 spiro atoms. The van der Waals surface area contributed by atoms with Gasteiger partial charge in [0.1, 0.15) is 17.0 Å². The van der Waals surface area contributed by atoms with Crippen molar-refractivity contribution in [2.75, 3.05) is 18.4 Å². The summed E-state index contributed by atoms with van der Waals surface area (Å²) >= 11 is 6.14. The third-order valence-corrected chi connectivity index (χ3v) is 6.99. The Balaban J connectivity index is 1.54. The van der Waals surface area contributed by atoms with E-state index in [0.717, 1.165) is 18.4 Å². The number of fused-ring (bicyclic) bond motifs is 1. The molecule has 2 aromatic carbocycles. The molecule has 146 valence electrons. The van der Waals surface area contributed by atoms with Crippen LogP contribution in [0.25, 0.3) is 11.0 Å². The molecule has 1 saturated heterocycles. The van der Waals surface area contributed by atoms with Gasteiger partial charge in [0.05, 0.1) is 10.5 Å². The summed E-state index contributed by atoms with van der Waals surface area (Å²) < 4.78 is 28.5. The Labute approximate surface area is 167 Å². The average molecular weight is 420 g/mol. The second-order valence-electron chi connectivity index (χ2n) is 6.54. The summed E-state index contributed by atoms with van der Waals surface area (Å²) in [6.45, 7) is 0.917. The van der Waals surface area contributed by atoms with E-state index in [1.54, 1.807) is 6.07 Å². The quantitative estimate of drug-likeness (QED) is 0.685. The standard InChI is InChI=1S/C18H18ClN5O3S/c19-14-8-7-13(11-17(14)28(26,27)23-9-3-4-10-23)20-18(25)12-24-16-6-2-1-5-15(16)21-22-24/h1-2,5-8,11H,3-4,9-10,12H2,(H,20,25). The van der Waals surface area contributed by atoms with Gasteiger partial charge in [-0.05, 0) is 43.2 Å². The molecule has 1 N–H and O–H groups in total. The smallest absolute Gasteiger partial charge is 0.246 e. The molecule has 0 aliphatic carbocycles. The lowest BCUT2D eigenvalue weighted by Crippen LogP contribution is -2.28. The van der Waals surface area contributed by atoms with Crippen LogP contribution >= 0.6 is 11.6 Å². The van der Waals surface area contributed by atoms with Gasteiger partial charge in [0.2, 0.25) is 15.9 Å². The van der Waals surface area contributed by atoms with E-state index >= 15 is 0 Å². The molecular weight excluding hydrogens is 402 g/mol. The first-order chi connectivity index (χ1) is 13.4. The van der Waals surface area contributed by atoms with E-state index < -0.39 is 10.0 Å². The largest absolute Gasteiger partial charge is 0.324 e. The van der Waals surface area contributed by atoms with Crippen molar-refractivity contribution in [1.29, 1.82) is 0 Å². The number of anilines is 1. The highest BCUT2D eigenvalue weighted by molar-refractivity contribution is 7.89. The first-order valence-electron chi connectivity index (χ1n) is 8.83. The van der Waals surface area contributed by atoms with E-state index in [1.807, 2.05) is 24.3 Å². The Hall–Kier alpha value is -2.49. The van der Waals surface area contributed by atoms with Gasteiger partial charge >= 0.3 is 0 Å². The molecule has 4 rings (SSSR count). The number of hydrogen-bond acceptors (Lipinski definition) is 5. The fourth-order valence-corrected chi connectivity index (χ4v) is 5.23. The van der Waals surface area contributed by atoms with Crippen molar-refractivity contribution in [3.63, 3.8) is 0 Å². The lowest BCUT2D eigenvalue weighted by Gasteiger charge is -2.17. The van der Waals surface area contributed by atoms with Gasteiger partial charge in [-0.15, -0.1) is 5.10 Å². The monoisotopic (exact) mass is 419 g/mol. The van der Waals surface area contributed by atoms with Gasteiger partial charge in [-0.1, -0.05) is 28.9 Å². The predicted octanol–water partition coefficient (Wildman–Crippen LogP) is 2.51. The number of sulfonamides is 1. The number of amides is 1. The van der Waals surface area contributed by atoms with E-state index in [0.29, 0.717) is 24.3 Å². The fourth-order valence-electron chi connectivity index (χ4n) is 3.22. The number of hydrogen-bond donors (Lipinski definition) is 1. The van der Waals surface area contributed by atoms with Gasteiger partial charge in [-0.3, -0.25) is 4.79 Å². The molecule has 8 nitrogen and oxygen atoms in total. The highest BCUT2D eigenvalue weighted by atomic mass is 35.5. The van der Waals surface area contributed by atoms with Crippen LogP contribution in [0, 0.1) is 0 Å². The van der Waals surface area contributed by atoms with Crippen LogP contribution in [0.1, 0.15) is 12.8 Å². The molecule has 2 heterocycles. The van der Waals surface area contributed by atoms with Gasteiger partial charge in [-0.2, -0.15) is 4.31 Å². The maximum atomic E-state index is 12.8. The minimum atomic E-state index is -3.68. The number of halogens is 1. The second kappa shape index (κ2) is 7.50. The van der Waals surface area contributed by atoms with Gasteiger partial charge in [-0.25, -0.2) is 13.1 Å². The third-order valence-electron chi connectivity index (χ3n) is 4.61. The lowest BCUT2D eigenvalue weighted by molar-refractivity contribution is -0.116. The molecule has 0 atom stereocenters. The Morgan fingerprint density at radius 3 is 2.68 bits per heavy atom. The number of para-hydroxylation sites is 1. The molecule has 1 aliphatic rings. The van der Waals surface area contributed by atoms with Crippen molar-refractivity contribution in [3.05, 3.63) is 47.5 Å². The van der Waals surface area contributed by atoms with Crippen molar-refractivity contribution in [3.8, 4) is 0 Å². The molecule has 1 aromatic heterocycles. The Bertz CT molecular complexity index is 1140. The van der Waals surface area contributed by atoms with Crippen LogP contribution < -0.4 is 5.32 Å². The number of rotatable bonds is 5. The molecule has 1 aliphatic heterocycles. The minimum Gasteiger partial charge on any atom is -0.324 e. The van der Waals surface area contributed by atoms with Crippen molar-refractivity contribution in [2.45, 2.75) is 24.3 Å². The van der Waals surface area contributed by atoms with Crippen LogP contribution in [-0.4, -0.2) is 46.7 Å². The van der Waals surface area contributed by atoms with Gasteiger partial charge in [0, 0.05) is 18.8 Å². The molecule has 0 saturated carbocycles. The average Bonchev–Trinajstić information content (AvgIpc) is 3.34. The van der Waals surface area contributed by atoms with E-state index in [9.17, 15) is 13.2 Å². The Morgan fingerprint density at radius 2 is 1.89 bits per heavy atom. The molecule has 1 fully saturated rings. The molecule has 3 aromatic rings. The summed E-state index contributed by atoms with van der Waals surface area (Å²) in [5, 5.41) is 10.8. The van der Waals surface area contributed by atoms with Gasteiger partial charge in [0.15, 0.2) is 0 Å². The number of aromatic nitrogens is 3. The topological polar surface area (TPSA) is 97.2 Å². The number of benzene rings is 2. The number of nitrogens with one attached hydrogen (secondary N) is 1. The van der Waals surface area contributed by atoms with Crippen molar-refractivity contribution >= 4 is 44.3 Å². The molecule has 0 radical (unpaired) electrons. The van der Waals surface area contributed by atoms with Gasteiger partial charge < -0.3 is 5.32 Å². The zero-order chi connectivity index (χ0) is 19.7. The van der Waals surface area contributed by atoms with Crippen molar-refractivity contribution < 1.29 is 13.2 Å². The van der Waals surface area contributed by atoms with Crippen LogP contribution in [0.5, 0.6) is 0 Å². The highest BCUT2D eigenvalue weighted by Crippen LogP contribution is 2.29. The van der Waals surface area contributed by atoms with Gasteiger partial charge in [0.25, 0.3) is 0 Å². The maximum absolute atomic E-state index is 12.8. The Kier molecular flexibility index (Phi) is 5.05. The molecule has 0 bridgehead atoms. The summed E-state index contributed by atoms with van der Waals surface area (Å²) in [6.07, 6.45) is 1.66. The van der Waals surface area contributed by atoms with Crippen LogP contribution in [-0.2, 0) is 21.4 Å². The molecule has 28 heavy (non-hydrogen) atoms. The van der Waals surface area contributed by atoms with E-state index in [-0.39, 0.29) is 22.4 Å². The number of carbonyl (C=O) groups is 1. The lowest BCUT2D eigenvalue weighted by atomic mass is 10.3. The first-order valence-corrected chi connectivity index (χ1v) is 10.6. The van der Waals surface area contributed by atoms with Crippen LogP contribution in [0.4, 0.5) is 5.69 Å². The summed E-state index contributed by atoms with van der Waals surface area (Å²) in [7, 11) is -3.68. The SMILES string of the molecule is O=C(Cn1nnc2ccccc21)Nc1ccc(Cl)c(S(=O)(=O)N2CCCC2)c1. The summed E-state index contributed by atoms with van der Waals surface area (Å²) in [5.74, 6) is -0.345. The summed E-state index contributed by atoms with van der Waals surface area (Å²) in [5.41, 5.74) is 1.79. The van der Waals surface area contributed by atoms with E-state index in [4.69, 9.17) is 11.6 Å². The molecule has 10 heteroatoms. The zero-order valence-electron chi connectivity index (χ0n) is 14.9. The Morgan fingerprint density at radius 1 is 1.14 bits per heavy atom. The second-order valence-corrected chi connectivity index (χ2v) is 8.85. The van der Waals surface area contributed by atoms with Crippen LogP contribution in [0.15, 0.2) is 47.4 Å². The number of carbonyl (C=O) groups excluding carboxylic acids is 1. The normalized spacial score (nSPS) is 15.2. The highest BCUT2D eigenvalue weighted by Gasteiger charge is 2.29. The fraction of sp³-hybridized carbons (Fsp3) is 0.278. The predicted molar refractivity (Wildman–Crippen MR) is 106 cm³/mol. The first kappa shape index (κ1) is 18.9. The van der Waals surface area contributed by atoms with Crippen LogP contribution in [0.2, 0.25) is 5.02 Å². The third kappa shape index (κ3) is 3.60. The zero-order valence-corrected chi connectivity index (χ0v) is 16.4. The van der Waals surface area contributed by atoms with E-state index in [1.165, 1.54) is 21.1 Å². The summed E-state index contributed by atoms with van der Waals surface area (Å²) in [4.78, 5) is 12.4. The summed E-state index contributed by atoms with van der Waals surface area (Å²) in [6, 6.07) is 11.8. The van der Waals surface area contributed by atoms with Crippen molar-refractivity contribution in [1.82, 2.24) is 19.3 Å². The van der Waals surface area contributed by atoms with Crippen LogP contribution in [0.3, 0.4) is 0 Å². The van der Waals surface area contributed by atoms with E-state index in [2.05, 4.69) is 15.6 Å². The minimum absolute atomic E-state index is 0.0000669. The molecule has 1 amide bonds. The maximum Gasteiger partial charge on any atom is 0.246 e. The molecule has 0 unspecified atom stereocenters. The number of nitrogens with zero attached hydrogens (tertiary/aromatic N) is 4. The molecular formula is C18H18ClN5O3S.